The summed E-state index contributed by atoms with van der Waals surface area (Å²) in [6, 6.07) is 9.67. The number of hydrogen-bond donors (Lipinski definition) is 1. The Hall–Kier alpha value is -2.45. The van der Waals surface area contributed by atoms with E-state index in [9.17, 15) is 13.6 Å². The molecule has 1 atom stereocenters. The zero-order valence-corrected chi connectivity index (χ0v) is 14.9. The quantitative estimate of drug-likeness (QED) is 0.629. The highest BCUT2D eigenvalue weighted by Gasteiger charge is 2.20. The van der Waals surface area contributed by atoms with Gasteiger partial charge in [-0.1, -0.05) is 23.4 Å². The fourth-order valence-corrected chi connectivity index (χ4v) is 2.81. The second-order valence-electron chi connectivity index (χ2n) is 5.25. The van der Waals surface area contributed by atoms with Crippen molar-refractivity contribution in [2.24, 2.45) is 0 Å². The van der Waals surface area contributed by atoms with Crippen molar-refractivity contribution in [3.63, 3.8) is 0 Å². The molecule has 5 nitrogen and oxygen atoms in total. The predicted molar refractivity (Wildman–Crippen MR) is 95.1 cm³/mol. The van der Waals surface area contributed by atoms with Crippen LogP contribution in [0, 0.1) is 11.6 Å². The molecule has 2 aromatic carbocycles. The first-order chi connectivity index (χ1) is 12.4. The smallest absolute Gasteiger partial charge is 0.277 e. The van der Waals surface area contributed by atoms with Crippen LogP contribution in [0.4, 0.5) is 14.5 Å². The normalized spacial score (nSPS) is 12.0. The molecule has 3 rings (SSSR count). The zero-order valence-electron chi connectivity index (χ0n) is 13.4. The summed E-state index contributed by atoms with van der Waals surface area (Å²) in [6.07, 6.45) is 0. The number of carbonyl (C=O) groups excluding carboxylic acids is 1. The summed E-state index contributed by atoms with van der Waals surface area (Å²) in [5.74, 6) is -1.61. The molecule has 1 aromatic heterocycles. The van der Waals surface area contributed by atoms with Crippen molar-refractivity contribution < 1.29 is 18.0 Å². The molecule has 0 aliphatic carbocycles. The Morgan fingerprint density at radius 1 is 1.19 bits per heavy atom. The van der Waals surface area contributed by atoms with Crippen LogP contribution in [0.15, 0.2) is 52.1 Å². The SMILES string of the molecule is CC(Sc1nnc(-c2ccc(Cl)cc2)o1)C(=O)Nc1cc(F)ccc1F. The van der Waals surface area contributed by atoms with Gasteiger partial charge in [0.05, 0.1) is 10.9 Å². The van der Waals surface area contributed by atoms with Gasteiger partial charge < -0.3 is 9.73 Å². The molecule has 1 heterocycles. The summed E-state index contributed by atoms with van der Waals surface area (Å²) in [5.41, 5.74) is 0.461. The van der Waals surface area contributed by atoms with Crippen LogP contribution in [0.1, 0.15) is 6.92 Å². The molecule has 0 spiro atoms. The van der Waals surface area contributed by atoms with E-state index in [0.717, 1.165) is 30.0 Å². The molecule has 26 heavy (non-hydrogen) atoms. The lowest BCUT2D eigenvalue weighted by Crippen LogP contribution is -2.23. The maximum Gasteiger partial charge on any atom is 0.277 e. The molecular formula is C17H12ClF2N3O2S. The summed E-state index contributed by atoms with van der Waals surface area (Å²) < 4.78 is 32.3. The molecule has 134 valence electrons. The first-order valence-electron chi connectivity index (χ1n) is 7.44. The maximum atomic E-state index is 13.6. The molecule has 1 unspecified atom stereocenters. The highest BCUT2D eigenvalue weighted by atomic mass is 35.5. The molecule has 0 bridgehead atoms. The standard InChI is InChI=1S/C17H12ClF2N3O2S/c1-9(15(24)21-14-8-12(19)6-7-13(14)20)26-17-23-22-16(25-17)10-2-4-11(18)5-3-10/h2-9H,1H3,(H,21,24). The summed E-state index contributed by atoms with van der Waals surface area (Å²) in [7, 11) is 0. The highest BCUT2D eigenvalue weighted by Crippen LogP contribution is 2.27. The van der Waals surface area contributed by atoms with Gasteiger partial charge in [-0.2, -0.15) is 0 Å². The molecule has 3 aromatic rings. The van der Waals surface area contributed by atoms with Crippen molar-refractivity contribution in [3.05, 3.63) is 59.1 Å². The molecule has 0 radical (unpaired) electrons. The third kappa shape index (κ3) is 4.39. The van der Waals surface area contributed by atoms with Crippen LogP contribution in [-0.2, 0) is 4.79 Å². The summed E-state index contributed by atoms with van der Waals surface area (Å²) >= 11 is 6.84. The lowest BCUT2D eigenvalue weighted by molar-refractivity contribution is -0.115. The van der Waals surface area contributed by atoms with Gasteiger partial charge in [0.25, 0.3) is 5.22 Å². The molecule has 9 heteroatoms. The van der Waals surface area contributed by atoms with E-state index in [1.54, 1.807) is 31.2 Å². The van der Waals surface area contributed by atoms with Gasteiger partial charge in [0, 0.05) is 16.7 Å². The fourth-order valence-electron chi connectivity index (χ4n) is 2.00. The van der Waals surface area contributed by atoms with Gasteiger partial charge in [0.15, 0.2) is 0 Å². The minimum Gasteiger partial charge on any atom is -0.411 e. The molecule has 1 amide bonds. The lowest BCUT2D eigenvalue weighted by atomic mass is 10.2. The van der Waals surface area contributed by atoms with Gasteiger partial charge in [0.2, 0.25) is 11.8 Å². The van der Waals surface area contributed by atoms with Gasteiger partial charge in [-0.25, -0.2) is 8.78 Å². The minimum absolute atomic E-state index is 0.178. The third-order valence-corrected chi connectivity index (χ3v) is 4.52. The van der Waals surface area contributed by atoms with E-state index in [2.05, 4.69) is 15.5 Å². The van der Waals surface area contributed by atoms with Crippen LogP contribution in [0.5, 0.6) is 0 Å². The Labute approximate surface area is 156 Å². The fraction of sp³-hybridized carbons (Fsp3) is 0.118. The summed E-state index contributed by atoms with van der Waals surface area (Å²) in [6.45, 7) is 1.59. The van der Waals surface area contributed by atoms with Crippen LogP contribution in [0.2, 0.25) is 5.02 Å². The van der Waals surface area contributed by atoms with Crippen molar-refractivity contribution in [1.29, 1.82) is 0 Å². The van der Waals surface area contributed by atoms with E-state index < -0.39 is 22.8 Å². The zero-order chi connectivity index (χ0) is 18.7. The highest BCUT2D eigenvalue weighted by molar-refractivity contribution is 8.00. The number of anilines is 1. The minimum atomic E-state index is -0.722. The van der Waals surface area contributed by atoms with Crippen molar-refractivity contribution in [1.82, 2.24) is 10.2 Å². The van der Waals surface area contributed by atoms with Crippen LogP contribution < -0.4 is 5.32 Å². The van der Waals surface area contributed by atoms with Crippen molar-refractivity contribution >= 4 is 35.0 Å². The van der Waals surface area contributed by atoms with Gasteiger partial charge in [-0.15, -0.1) is 10.2 Å². The number of rotatable bonds is 5. The molecule has 0 saturated heterocycles. The van der Waals surface area contributed by atoms with Crippen molar-refractivity contribution in [3.8, 4) is 11.5 Å². The first-order valence-corrected chi connectivity index (χ1v) is 8.70. The number of aromatic nitrogens is 2. The van der Waals surface area contributed by atoms with Gasteiger partial charge in [-0.3, -0.25) is 4.79 Å². The van der Waals surface area contributed by atoms with E-state index in [0.29, 0.717) is 10.6 Å². The Morgan fingerprint density at radius 3 is 2.65 bits per heavy atom. The second-order valence-corrected chi connectivity index (χ2v) is 6.98. The number of carbonyl (C=O) groups is 1. The molecule has 0 aliphatic rings. The summed E-state index contributed by atoms with van der Waals surface area (Å²) in [5, 5.41) is 10.2. The van der Waals surface area contributed by atoms with Crippen molar-refractivity contribution in [2.45, 2.75) is 17.4 Å². The Bertz CT molecular complexity index is 934. The second kappa shape index (κ2) is 7.84. The molecule has 0 saturated carbocycles. The number of amides is 1. The largest absolute Gasteiger partial charge is 0.411 e. The van der Waals surface area contributed by atoms with Gasteiger partial charge in [-0.05, 0) is 43.3 Å². The van der Waals surface area contributed by atoms with E-state index in [1.165, 1.54) is 0 Å². The number of halogens is 3. The molecule has 0 fully saturated rings. The number of thioether (sulfide) groups is 1. The Morgan fingerprint density at radius 2 is 1.92 bits per heavy atom. The molecule has 1 N–H and O–H groups in total. The molecule has 0 aliphatic heterocycles. The van der Waals surface area contributed by atoms with Crippen LogP contribution in [-0.4, -0.2) is 21.4 Å². The average molecular weight is 396 g/mol. The topological polar surface area (TPSA) is 68.0 Å². The Balaban J connectivity index is 1.66. The van der Waals surface area contributed by atoms with Crippen LogP contribution in [0.25, 0.3) is 11.5 Å². The first kappa shape index (κ1) is 18.3. The Kier molecular flexibility index (Phi) is 5.53. The maximum absolute atomic E-state index is 13.6. The number of hydrogen-bond acceptors (Lipinski definition) is 5. The molecular weight excluding hydrogens is 384 g/mol. The van der Waals surface area contributed by atoms with Gasteiger partial charge >= 0.3 is 0 Å². The van der Waals surface area contributed by atoms with Gasteiger partial charge in [0.1, 0.15) is 11.6 Å². The van der Waals surface area contributed by atoms with E-state index >= 15 is 0 Å². The van der Waals surface area contributed by atoms with E-state index in [1.807, 2.05) is 0 Å². The van der Waals surface area contributed by atoms with Crippen molar-refractivity contribution in [2.75, 3.05) is 5.32 Å². The number of benzene rings is 2. The third-order valence-electron chi connectivity index (χ3n) is 3.33. The number of nitrogens with zero attached hydrogens (tertiary/aromatic N) is 2. The number of nitrogens with one attached hydrogen (secondary N) is 1. The van der Waals surface area contributed by atoms with E-state index in [4.69, 9.17) is 16.0 Å². The summed E-state index contributed by atoms with van der Waals surface area (Å²) in [4.78, 5) is 12.2. The lowest BCUT2D eigenvalue weighted by Gasteiger charge is -2.10. The average Bonchev–Trinajstić information content (AvgIpc) is 3.07. The van der Waals surface area contributed by atoms with Crippen LogP contribution >= 0.6 is 23.4 Å². The van der Waals surface area contributed by atoms with E-state index in [-0.39, 0.29) is 16.8 Å². The van der Waals surface area contributed by atoms with Crippen LogP contribution in [0.3, 0.4) is 0 Å². The monoisotopic (exact) mass is 395 g/mol. The predicted octanol–water partition coefficient (Wildman–Crippen LogP) is 4.79.